The highest BCUT2D eigenvalue weighted by atomic mass is 16.8. The van der Waals surface area contributed by atoms with Gasteiger partial charge in [0.2, 0.25) is 23.6 Å². The van der Waals surface area contributed by atoms with E-state index in [9.17, 15) is 177 Å². The molecular weight excluding hydrogens is 1940 g/mol. The van der Waals surface area contributed by atoms with E-state index in [-0.39, 0.29) is 0 Å². The minimum atomic E-state index is -2.74. The second-order valence-corrected chi connectivity index (χ2v) is 36.6. The average molecular weight is 2080 g/mol. The Labute approximate surface area is 805 Å². The van der Waals surface area contributed by atoms with E-state index >= 15 is 0 Å². The van der Waals surface area contributed by atoms with Crippen molar-refractivity contribution in [1.82, 2.24) is 21.3 Å². The van der Waals surface area contributed by atoms with Crippen LogP contribution in [-0.2, 0) is 128 Å². The molecule has 12 fully saturated rings. The third-order valence-electron chi connectivity index (χ3n) is 26.6. The molecule has 12 heterocycles. The summed E-state index contributed by atoms with van der Waals surface area (Å²) in [7, 11) is 0. The summed E-state index contributed by atoms with van der Waals surface area (Å²) in [5.74, 6) is -4.02. The smallest absolute Gasteiger partial charge is 0.217 e. The van der Waals surface area contributed by atoms with Gasteiger partial charge in [-0.3, -0.25) is 19.2 Å². The number of aliphatic hydroxyl groups is 31. The molecule has 62 heteroatoms. The molecule has 62 nitrogen and oxygen atoms in total. The summed E-state index contributed by atoms with van der Waals surface area (Å²) in [5.41, 5.74) is 0. The van der Waals surface area contributed by atoms with Crippen molar-refractivity contribution in [2.75, 3.05) is 59.5 Å². The topological polar surface area (TPSA) is 956 Å². The second-order valence-electron chi connectivity index (χ2n) is 36.6. The van der Waals surface area contributed by atoms with Crippen molar-refractivity contribution < 1.29 is 286 Å². The minimum absolute atomic E-state index is 0.875. The van der Waals surface area contributed by atoms with Gasteiger partial charge in [0.25, 0.3) is 0 Å². The number of nitrogens with one attached hydrogen (secondary N) is 4. The normalized spacial score (nSPS) is 50.9. The van der Waals surface area contributed by atoms with Gasteiger partial charge in [0.1, 0.15) is 274 Å². The third kappa shape index (κ3) is 25.4. The summed E-state index contributed by atoms with van der Waals surface area (Å²) >= 11 is 0. The molecule has 0 aromatic rings. The SMILES string of the molecule is CC(=O)N[C@@H]1[C@H](O[C@@H]2[C@@H](O[C@@H]3[C@H](O)[C@H](O[C@H]4[C@H](O)[C@@H](NC(C)=O)[C@H](O[C@H]5[C@H](O)[C@@H](NC(C)=O)[C@H](O)O[C@@H]5CO[C@H]5O[C@H](C)[C@H](O)[C@H](O)[C@H]5O)O[C@@H]4CO)O[C@H](CO[C@H]4O[C@H](CO)[C@@H](O)[C@H](O)[C@@H]4O[C@@H]4O[C@H](CO)[C@@H](O[C@@H]5O[C@H](CO)[C@H](O)[C@H](O)[C@H]5O)[C@H](O[C@@H]5O[C@@H](C)[C@@H](O)[C@@H](O)[C@@H]5O)[C@H]4NC(C)=O)[C@H]3O)O[C@H](CO)[C@@H](O)[C@@H]2O)O[C@H](CO)[C@@H](O[C@@H]2O[C@H](CO)[C@H](O)[C@H](O)[C@H]2O)[C@@H]1O[C@@H]1O[C@@H](C)[C@@H](O)[C@@H](O)[C@@H]1O. The molecule has 0 spiro atoms. The molecule has 12 aliphatic heterocycles. The molecule has 0 radical (unpaired) electrons. The fourth-order valence-corrected chi connectivity index (χ4v) is 18.6. The van der Waals surface area contributed by atoms with E-state index in [2.05, 4.69) is 21.3 Å². The summed E-state index contributed by atoms with van der Waals surface area (Å²) in [6, 6.07) is -8.10. The zero-order chi connectivity index (χ0) is 104. The van der Waals surface area contributed by atoms with Crippen LogP contribution >= 0.6 is 0 Å². The highest BCUT2D eigenvalue weighted by Gasteiger charge is 2.64. The molecule has 822 valence electrons. The second kappa shape index (κ2) is 50.3. The first kappa shape index (κ1) is 116. The van der Waals surface area contributed by atoms with Crippen LogP contribution in [0.5, 0.6) is 0 Å². The molecule has 0 aromatic heterocycles. The fraction of sp³-hybridized carbons (Fsp3) is 0.950. The lowest BCUT2D eigenvalue weighted by atomic mass is 9.93. The van der Waals surface area contributed by atoms with Crippen LogP contribution in [0.2, 0.25) is 0 Å². The van der Waals surface area contributed by atoms with Crippen LogP contribution in [-0.4, -0.2) is 610 Å². The summed E-state index contributed by atoms with van der Waals surface area (Å²) < 4.78 is 140. The van der Waals surface area contributed by atoms with Gasteiger partial charge in [-0.1, -0.05) is 0 Å². The molecule has 35 N–H and O–H groups in total. The van der Waals surface area contributed by atoms with Crippen LogP contribution in [0.1, 0.15) is 48.5 Å². The molecule has 142 heavy (non-hydrogen) atoms. The van der Waals surface area contributed by atoms with Gasteiger partial charge in [-0.05, 0) is 20.8 Å². The van der Waals surface area contributed by atoms with Crippen LogP contribution in [0.25, 0.3) is 0 Å². The van der Waals surface area contributed by atoms with E-state index in [0.29, 0.717) is 0 Å². The predicted molar refractivity (Wildman–Crippen MR) is 437 cm³/mol. The van der Waals surface area contributed by atoms with Gasteiger partial charge in [-0.15, -0.1) is 0 Å². The monoisotopic (exact) mass is 2080 g/mol. The molecule has 12 saturated heterocycles. The van der Waals surface area contributed by atoms with Crippen molar-refractivity contribution in [3.05, 3.63) is 0 Å². The lowest BCUT2D eigenvalue weighted by molar-refractivity contribution is -0.404. The fourth-order valence-electron chi connectivity index (χ4n) is 18.6. The first-order chi connectivity index (χ1) is 67.1. The van der Waals surface area contributed by atoms with Crippen molar-refractivity contribution in [2.24, 2.45) is 0 Å². The predicted octanol–water partition coefficient (Wildman–Crippen LogP) is -23.5. The molecule has 0 unspecified atom stereocenters. The van der Waals surface area contributed by atoms with Crippen molar-refractivity contribution >= 4 is 23.6 Å². The van der Waals surface area contributed by atoms with Crippen LogP contribution in [0.4, 0.5) is 0 Å². The molecule has 60 atom stereocenters. The number of hydrogen-bond acceptors (Lipinski definition) is 58. The van der Waals surface area contributed by atoms with Crippen molar-refractivity contribution in [3.8, 4) is 0 Å². The summed E-state index contributed by atoms with van der Waals surface area (Å²) in [5, 5.41) is 360. The van der Waals surface area contributed by atoms with Crippen LogP contribution in [0.15, 0.2) is 0 Å². The van der Waals surface area contributed by atoms with Crippen molar-refractivity contribution in [1.29, 1.82) is 0 Å². The van der Waals surface area contributed by atoms with Gasteiger partial charge < -0.3 is 289 Å². The Bertz CT molecular complexity index is 3940. The number of aliphatic hydroxyl groups excluding tert-OH is 31. The maximum Gasteiger partial charge on any atom is 0.217 e. The van der Waals surface area contributed by atoms with E-state index in [1.807, 2.05) is 0 Å². The van der Waals surface area contributed by atoms with Crippen LogP contribution in [0, 0.1) is 0 Å². The van der Waals surface area contributed by atoms with Gasteiger partial charge in [0.15, 0.2) is 75.5 Å². The quantitative estimate of drug-likeness (QED) is 0.0280. The standard InChI is InChI=1S/C80H134N4O58/c1-17-37(96)47(106)54(113)73(122-17)120-16-32-61(45(104)33(69(119)125-32)81-20(4)92)134-70-34(82-21(5)93)46(105)60(28(12-89)130-70)135-78-59(118)66(140-80-68(53(112)43(102)27(11-88)129-80)142-72-36(84-23(7)95)65(139-75-56(115)49(108)39(98)19(3)124-75)63(30(14-91)132-72)137-77-58(117)51(110)41(100)25(9-86)127-77)44(103)31(133-78)15-121-79-67(52(111)42(101)26(10-87)128-79)141-71-35(83-22(6)94)64(138-74-55(114)48(107)38(97)18(2)123-74)62(29(13-90)131-71)136-76-57(116)50(109)40(99)24(8-85)126-76/h17-19,24-80,85-91,96-119H,8-16H2,1-7H3,(H,81,92)(H,82,93)(H,83,94)(H,84,95)/t17-,18+,19+,24-,25-,26-,27-,28-,29-,30-,31-,32-,33-,34-,35-,36+,37+,38-,39-,40+,41+,42-,43-,44-,45-,46-,47+,48-,49-,50+,51+,52+,53+,54-,55+,56+,57-,58-,59+,60-,61-,62-,63-,64-,65-,66+,67+,68+,69-,70+,71+,72+,73+,74+,75+,76+,77+,78+,79+,80-/m1/s1. The molecule has 12 rings (SSSR count). The lowest BCUT2D eigenvalue weighted by Crippen LogP contribution is -2.71. The van der Waals surface area contributed by atoms with Gasteiger partial charge in [-0.25, -0.2) is 0 Å². The summed E-state index contributed by atoms with van der Waals surface area (Å²) in [6.07, 6.45) is -119. The van der Waals surface area contributed by atoms with Gasteiger partial charge >= 0.3 is 0 Å². The first-order valence-corrected chi connectivity index (χ1v) is 45.7. The average Bonchev–Trinajstić information content (AvgIpc) is 0.753. The molecule has 0 aliphatic carbocycles. The number of carbonyl (C=O) groups is 4. The molecule has 0 saturated carbocycles. The van der Waals surface area contributed by atoms with Crippen LogP contribution < -0.4 is 21.3 Å². The molecule has 12 aliphatic rings. The van der Waals surface area contributed by atoms with Crippen LogP contribution in [0.3, 0.4) is 0 Å². The highest BCUT2D eigenvalue weighted by Crippen LogP contribution is 2.43. The molecular formula is C80H134N4O58. The molecule has 4 amide bonds. The Hall–Kier alpha value is -4.28. The lowest BCUT2D eigenvalue weighted by Gasteiger charge is -2.52. The van der Waals surface area contributed by atoms with E-state index in [1.54, 1.807) is 0 Å². The van der Waals surface area contributed by atoms with Crippen molar-refractivity contribution in [3.63, 3.8) is 0 Å². The number of ether oxygens (including phenoxy) is 23. The Morgan fingerprint density at radius 1 is 0.197 bits per heavy atom. The third-order valence-corrected chi connectivity index (χ3v) is 26.6. The number of hydrogen-bond donors (Lipinski definition) is 35. The van der Waals surface area contributed by atoms with Gasteiger partial charge in [-0.2, -0.15) is 0 Å². The zero-order valence-corrected chi connectivity index (χ0v) is 76.9. The minimum Gasteiger partial charge on any atom is -0.394 e. The van der Waals surface area contributed by atoms with Gasteiger partial charge in [0.05, 0.1) is 77.8 Å². The number of carbonyl (C=O) groups excluding carboxylic acids is 4. The molecule has 0 aromatic carbocycles. The Morgan fingerprint density at radius 3 is 0.859 bits per heavy atom. The summed E-state index contributed by atoms with van der Waals surface area (Å²) in [4.78, 5) is 53.3. The number of amides is 4. The Balaban J connectivity index is 0.917. The number of rotatable bonds is 35. The maximum atomic E-state index is 13.7. The van der Waals surface area contributed by atoms with E-state index in [0.717, 1.165) is 27.7 Å². The zero-order valence-electron chi connectivity index (χ0n) is 76.9. The van der Waals surface area contributed by atoms with E-state index in [1.165, 1.54) is 20.8 Å². The van der Waals surface area contributed by atoms with Crippen molar-refractivity contribution in [2.45, 2.75) is 417 Å². The Morgan fingerprint density at radius 2 is 0.451 bits per heavy atom. The highest BCUT2D eigenvalue weighted by molar-refractivity contribution is 5.74. The molecule has 0 bridgehead atoms. The Kier molecular flexibility index (Phi) is 41.2. The van der Waals surface area contributed by atoms with E-state index in [4.69, 9.17) is 109 Å². The van der Waals surface area contributed by atoms with Gasteiger partial charge in [0, 0.05) is 27.7 Å². The maximum absolute atomic E-state index is 13.7. The first-order valence-electron chi connectivity index (χ1n) is 45.7. The van der Waals surface area contributed by atoms with E-state index < -0.39 is 451 Å². The largest absolute Gasteiger partial charge is 0.394 e. The summed E-state index contributed by atoms with van der Waals surface area (Å²) in [6.45, 7) is -3.33.